The highest BCUT2D eigenvalue weighted by Gasteiger charge is 2.17. The van der Waals surface area contributed by atoms with Gasteiger partial charge in [0, 0.05) is 25.0 Å². The normalized spacial score (nSPS) is 10.5. The average Bonchev–Trinajstić information content (AvgIpc) is 2.74. The highest BCUT2D eigenvalue weighted by Crippen LogP contribution is 2.24. The van der Waals surface area contributed by atoms with Gasteiger partial charge in [0.2, 0.25) is 5.95 Å². The smallest absolute Gasteiger partial charge is 0.272 e. The topological polar surface area (TPSA) is 58.1 Å². The van der Waals surface area contributed by atoms with Crippen molar-refractivity contribution in [2.24, 2.45) is 0 Å². The zero-order valence-corrected chi connectivity index (χ0v) is 16.6. The molecule has 3 rings (SSSR count). The third-order valence-electron chi connectivity index (χ3n) is 4.74. The molecule has 0 aliphatic rings. The number of aryl methyl sites for hydroxylation is 2. The number of para-hydroxylation sites is 1. The molecule has 1 aromatic heterocycles. The molecule has 0 saturated carbocycles. The Morgan fingerprint density at radius 3 is 2.54 bits per heavy atom. The summed E-state index contributed by atoms with van der Waals surface area (Å²) in [6.07, 6.45) is 2.53. The minimum atomic E-state index is -0.0997. The Hall–Kier alpha value is -3.21. The Morgan fingerprint density at radius 2 is 1.82 bits per heavy atom. The molecule has 0 fully saturated rings. The van der Waals surface area contributed by atoms with Gasteiger partial charge in [-0.05, 0) is 43.0 Å². The second-order valence-electron chi connectivity index (χ2n) is 6.66. The molecule has 28 heavy (non-hydrogen) atoms. The summed E-state index contributed by atoms with van der Waals surface area (Å²) in [4.78, 5) is 23.6. The van der Waals surface area contributed by atoms with Crippen LogP contribution in [0.4, 0.5) is 11.6 Å². The number of benzene rings is 2. The van der Waals surface area contributed by atoms with Gasteiger partial charge >= 0.3 is 0 Å². The summed E-state index contributed by atoms with van der Waals surface area (Å²) in [5.41, 5.74) is 4.81. The standard InChI is InChI=1S/C23H26N4O/c1-4-19-13-9-10-17(3)21(19)26-23-24-15-14-20(25-23)22(28)27(5-2)16-18-11-7-6-8-12-18/h6-15H,4-5,16H2,1-3H3,(H,24,25,26). The minimum Gasteiger partial charge on any atom is -0.333 e. The highest BCUT2D eigenvalue weighted by molar-refractivity contribution is 5.92. The van der Waals surface area contributed by atoms with Gasteiger partial charge in [-0.1, -0.05) is 55.5 Å². The molecule has 5 nitrogen and oxygen atoms in total. The summed E-state index contributed by atoms with van der Waals surface area (Å²) < 4.78 is 0. The monoisotopic (exact) mass is 374 g/mol. The molecule has 2 aromatic carbocycles. The van der Waals surface area contributed by atoms with Crippen molar-refractivity contribution in [1.82, 2.24) is 14.9 Å². The van der Waals surface area contributed by atoms with Crippen molar-refractivity contribution in [2.75, 3.05) is 11.9 Å². The quantitative estimate of drug-likeness (QED) is 0.648. The molecule has 3 aromatic rings. The predicted molar refractivity (Wildman–Crippen MR) is 113 cm³/mol. The summed E-state index contributed by atoms with van der Waals surface area (Å²) in [6, 6.07) is 17.8. The zero-order chi connectivity index (χ0) is 19.9. The Morgan fingerprint density at radius 1 is 1.04 bits per heavy atom. The Kier molecular flexibility index (Phi) is 6.37. The first-order valence-corrected chi connectivity index (χ1v) is 9.64. The van der Waals surface area contributed by atoms with Crippen molar-refractivity contribution in [3.63, 3.8) is 0 Å². The van der Waals surface area contributed by atoms with Crippen molar-refractivity contribution < 1.29 is 4.79 Å². The number of carbonyl (C=O) groups is 1. The fourth-order valence-electron chi connectivity index (χ4n) is 3.14. The maximum atomic E-state index is 13.0. The largest absolute Gasteiger partial charge is 0.333 e. The van der Waals surface area contributed by atoms with Gasteiger partial charge in [0.1, 0.15) is 5.69 Å². The first-order valence-electron chi connectivity index (χ1n) is 9.64. The third kappa shape index (κ3) is 4.55. The van der Waals surface area contributed by atoms with Gasteiger partial charge in [-0.25, -0.2) is 9.97 Å². The number of hydrogen-bond donors (Lipinski definition) is 1. The lowest BCUT2D eigenvalue weighted by Gasteiger charge is -2.21. The van der Waals surface area contributed by atoms with E-state index >= 15 is 0 Å². The van der Waals surface area contributed by atoms with Crippen LogP contribution in [0.25, 0.3) is 0 Å². The molecule has 5 heteroatoms. The molecule has 144 valence electrons. The maximum Gasteiger partial charge on any atom is 0.272 e. The van der Waals surface area contributed by atoms with Gasteiger partial charge in [0.15, 0.2) is 0 Å². The summed E-state index contributed by atoms with van der Waals surface area (Å²) >= 11 is 0. The van der Waals surface area contributed by atoms with E-state index in [9.17, 15) is 4.79 Å². The number of hydrogen-bond acceptors (Lipinski definition) is 4. The first-order chi connectivity index (χ1) is 13.6. The van der Waals surface area contributed by atoms with E-state index < -0.39 is 0 Å². The third-order valence-corrected chi connectivity index (χ3v) is 4.74. The van der Waals surface area contributed by atoms with Gasteiger partial charge < -0.3 is 10.2 Å². The summed E-state index contributed by atoms with van der Waals surface area (Å²) in [6.45, 7) is 7.31. The summed E-state index contributed by atoms with van der Waals surface area (Å²) in [5.74, 6) is 0.336. The molecule has 0 atom stereocenters. The second kappa shape index (κ2) is 9.13. The maximum absolute atomic E-state index is 13.0. The van der Waals surface area contributed by atoms with E-state index in [1.54, 1.807) is 17.2 Å². The Balaban J connectivity index is 1.81. The van der Waals surface area contributed by atoms with Gasteiger partial charge in [-0.3, -0.25) is 4.79 Å². The molecule has 0 radical (unpaired) electrons. The SMILES string of the molecule is CCc1cccc(C)c1Nc1nccc(C(=O)N(CC)Cc2ccccc2)n1. The van der Waals surface area contributed by atoms with Crippen LogP contribution < -0.4 is 5.32 Å². The van der Waals surface area contributed by atoms with Crippen molar-refractivity contribution in [2.45, 2.75) is 33.7 Å². The van der Waals surface area contributed by atoms with Crippen LogP contribution in [0.5, 0.6) is 0 Å². The average molecular weight is 374 g/mol. The van der Waals surface area contributed by atoms with Crippen molar-refractivity contribution in [3.8, 4) is 0 Å². The summed E-state index contributed by atoms with van der Waals surface area (Å²) in [7, 11) is 0. The number of nitrogens with one attached hydrogen (secondary N) is 1. The van der Waals surface area contributed by atoms with Crippen LogP contribution in [-0.2, 0) is 13.0 Å². The minimum absolute atomic E-state index is 0.0997. The number of nitrogens with zero attached hydrogens (tertiary/aromatic N) is 3. The van der Waals surface area contributed by atoms with Crippen LogP contribution in [0.2, 0.25) is 0 Å². The lowest BCUT2D eigenvalue weighted by atomic mass is 10.1. The Bertz CT molecular complexity index is 940. The molecule has 0 unspecified atom stereocenters. The molecular formula is C23H26N4O. The van der Waals surface area contributed by atoms with E-state index in [-0.39, 0.29) is 5.91 Å². The molecule has 1 amide bonds. The van der Waals surface area contributed by atoms with Gasteiger partial charge in [-0.15, -0.1) is 0 Å². The van der Waals surface area contributed by atoms with Crippen LogP contribution in [-0.4, -0.2) is 27.3 Å². The van der Waals surface area contributed by atoms with E-state index in [4.69, 9.17) is 0 Å². The predicted octanol–water partition coefficient (Wildman–Crippen LogP) is 4.75. The fraction of sp³-hybridized carbons (Fsp3) is 0.261. The zero-order valence-electron chi connectivity index (χ0n) is 16.6. The van der Waals surface area contributed by atoms with E-state index in [0.29, 0.717) is 24.7 Å². The molecule has 0 saturated heterocycles. The van der Waals surface area contributed by atoms with Gasteiger partial charge in [0.25, 0.3) is 5.91 Å². The number of aromatic nitrogens is 2. The van der Waals surface area contributed by atoms with Crippen LogP contribution in [0, 0.1) is 6.92 Å². The van der Waals surface area contributed by atoms with Crippen molar-refractivity contribution >= 4 is 17.5 Å². The van der Waals surface area contributed by atoms with Gasteiger partial charge in [-0.2, -0.15) is 0 Å². The number of rotatable bonds is 7. The molecule has 0 aliphatic heterocycles. The van der Waals surface area contributed by atoms with E-state index in [0.717, 1.165) is 23.2 Å². The van der Waals surface area contributed by atoms with E-state index in [1.807, 2.05) is 43.3 Å². The van der Waals surface area contributed by atoms with E-state index in [1.165, 1.54) is 5.56 Å². The van der Waals surface area contributed by atoms with Crippen molar-refractivity contribution in [1.29, 1.82) is 0 Å². The molecule has 0 aliphatic carbocycles. The molecule has 0 bridgehead atoms. The fourth-order valence-corrected chi connectivity index (χ4v) is 3.14. The number of anilines is 2. The lowest BCUT2D eigenvalue weighted by Crippen LogP contribution is -2.31. The van der Waals surface area contributed by atoms with Gasteiger partial charge in [0.05, 0.1) is 0 Å². The second-order valence-corrected chi connectivity index (χ2v) is 6.66. The summed E-state index contributed by atoms with van der Waals surface area (Å²) in [5, 5.41) is 3.30. The molecule has 1 heterocycles. The van der Waals surface area contributed by atoms with E-state index in [2.05, 4.69) is 41.3 Å². The highest BCUT2D eigenvalue weighted by atomic mass is 16.2. The van der Waals surface area contributed by atoms with Crippen molar-refractivity contribution in [3.05, 3.63) is 83.2 Å². The first kappa shape index (κ1) is 19.5. The lowest BCUT2D eigenvalue weighted by molar-refractivity contribution is 0.0746. The molecule has 0 spiro atoms. The van der Waals surface area contributed by atoms with Crippen LogP contribution in [0.15, 0.2) is 60.8 Å². The van der Waals surface area contributed by atoms with Crippen LogP contribution in [0.1, 0.15) is 41.0 Å². The number of carbonyl (C=O) groups excluding carboxylic acids is 1. The molecular weight excluding hydrogens is 348 g/mol. The number of amides is 1. The molecule has 1 N–H and O–H groups in total. The van der Waals surface area contributed by atoms with Crippen LogP contribution in [0.3, 0.4) is 0 Å². The van der Waals surface area contributed by atoms with Crippen LogP contribution >= 0.6 is 0 Å². The Labute approximate surface area is 166 Å².